The quantitative estimate of drug-likeness (QED) is 0.539. The van der Waals surface area contributed by atoms with Gasteiger partial charge in [0.15, 0.2) is 0 Å². The molecule has 0 aliphatic heterocycles. The van der Waals surface area contributed by atoms with Gasteiger partial charge in [-0.05, 0) is 35.4 Å². The number of benzene rings is 2. The zero-order valence-electron chi connectivity index (χ0n) is 17.9. The van der Waals surface area contributed by atoms with E-state index < -0.39 is 6.04 Å². The zero-order chi connectivity index (χ0) is 22.1. The predicted octanol–water partition coefficient (Wildman–Crippen LogP) is 3.95. The second kappa shape index (κ2) is 11.0. The molecule has 31 heavy (non-hydrogen) atoms. The number of carbonyl (C=O) groups excluding carboxylic acids is 2. The molecule has 1 N–H and O–H groups in total. The van der Waals surface area contributed by atoms with Gasteiger partial charge in [0.2, 0.25) is 11.8 Å². The van der Waals surface area contributed by atoms with Gasteiger partial charge in [0.1, 0.15) is 17.6 Å². The predicted molar refractivity (Wildman–Crippen MR) is 118 cm³/mol. The van der Waals surface area contributed by atoms with Crippen molar-refractivity contribution in [1.82, 2.24) is 10.2 Å². The maximum atomic E-state index is 13.2. The highest BCUT2D eigenvalue weighted by Gasteiger charge is 2.29. The summed E-state index contributed by atoms with van der Waals surface area (Å²) < 4.78 is 10.5. The van der Waals surface area contributed by atoms with E-state index >= 15 is 0 Å². The Labute approximate surface area is 182 Å². The van der Waals surface area contributed by atoms with E-state index in [9.17, 15) is 9.59 Å². The largest absolute Gasteiger partial charge is 0.497 e. The summed E-state index contributed by atoms with van der Waals surface area (Å²) >= 11 is 0. The Morgan fingerprint density at radius 2 is 1.74 bits per heavy atom. The minimum atomic E-state index is -0.646. The molecule has 0 bridgehead atoms. The molecular weight excluding hydrogens is 392 g/mol. The standard InChI is InChI=1S/C25H28N2O4/c1-3-24(28)27(18-20-11-13-21(30-2)14-12-20)23(16-19-8-5-4-6-9-19)25(29)26-17-22-10-7-15-31-22/h4-15,23H,3,16-18H2,1-2H3,(H,26,29)/t23-/m0/s1. The van der Waals surface area contributed by atoms with Crippen molar-refractivity contribution < 1.29 is 18.7 Å². The second-order valence-corrected chi connectivity index (χ2v) is 7.23. The minimum Gasteiger partial charge on any atom is -0.497 e. The van der Waals surface area contributed by atoms with E-state index in [2.05, 4.69) is 5.32 Å². The number of furan rings is 1. The van der Waals surface area contributed by atoms with Crippen molar-refractivity contribution in [1.29, 1.82) is 0 Å². The van der Waals surface area contributed by atoms with Gasteiger partial charge in [-0.15, -0.1) is 0 Å². The van der Waals surface area contributed by atoms with E-state index in [4.69, 9.17) is 9.15 Å². The van der Waals surface area contributed by atoms with E-state index in [-0.39, 0.29) is 18.4 Å². The van der Waals surface area contributed by atoms with Crippen molar-refractivity contribution in [2.24, 2.45) is 0 Å². The Morgan fingerprint density at radius 1 is 1.00 bits per heavy atom. The van der Waals surface area contributed by atoms with Crippen LogP contribution in [0.15, 0.2) is 77.4 Å². The SMILES string of the molecule is CCC(=O)N(Cc1ccc(OC)cc1)[C@@H](Cc1ccccc1)C(=O)NCc1ccco1. The Balaban J connectivity index is 1.85. The van der Waals surface area contributed by atoms with Crippen LogP contribution in [0.1, 0.15) is 30.2 Å². The normalized spacial score (nSPS) is 11.5. The van der Waals surface area contributed by atoms with Crippen molar-refractivity contribution in [2.75, 3.05) is 7.11 Å². The van der Waals surface area contributed by atoms with Gasteiger partial charge in [0, 0.05) is 19.4 Å². The summed E-state index contributed by atoms with van der Waals surface area (Å²) in [7, 11) is 1.61. The molecule has 3 aromatic rings. The van der Waals surface area contributed by atoms with E-state index in [0.29, 0.717) is 25.1 Å². The number of hydrogen-bond acceptors (Lipinski definition) is 4. The summed E-state index contributed by atoms with van der Waals surface area (Å²) in [6.07, 6.45) is 2.30. The maximum absolute atomic E-state index is 13.2. The van der Waals surface area contributed by atoms with Gasteiger partial charge in [-0.3, -0.25) is 9.59 Å². The summed E-state index contributed by atoms with van der Waals surface area (Å²) in [5.41, 5.74) is 1.92. The Kier molecular flexibility index (Phi) is 7.87. The second-order valence-electron chi connectivity index (χ2n) is 7.23. The number of methoxy groups -OCH3 is 1. The van der Waals surface area contributed by atoms with E-state index in [1.165, 1.54) is 0 Å². The lowest BCUT2D eigenvalue weighted by molar-refractivity contribution is -0.141. The van der Waals surface area contributed by atoms with Crippen LogP contribution in [0.3, 0.4) is 0 Å². The molecule has 0 fully saturated rings. The molecule has 6 heteroatoms. The average Bonchev–Trinajstić information content (AvgIpc) is 3.34. The number of nitrogens with one attached hydrogen (secondary N) is 1. The molecule has 0 aliphatic rings. The third-order valence-corrected chi connectivity index (χ3v) is 5.10. The molecule has 1 aromatic heterocycles. The highest BCUT2D eigenvalue weighted by Crippen LogP contribution is 2.18. The summed E-state index contributed by atoms with van der Waals surface area (Å²) in [5.74, 6) is 1.12. The first kappa shape index (κ1) is 22.2. The molecule has 2 amide bonds. The molecule has 162 valence electrons. The van der Waals surface area contributed by atoms with Crippen LogP contribution in [0, 0.1) is 0 Å². The van der Waals surface area contributed by atoms with Gasteiger partial charge in [0.05, 0.1) is 19.9 Å². The summed E-state index contributed by atoms with van der Waals surface area (Å²) in [5, 5.41) is 2.92. The Hall–Kier alpha value is -3.54. The van der Waals surface area contributed by atoms with Crippen LogP contribution in [-0.4, -0.2) is 29.9 Å². The smallest absolute Gasteiger partial charge is 0.243 e. The summed E-state index contributed by atoms with van der Waals surface area (Å²) in [4.78, 5) is 27.8. The van der Waals surface area contributed by atoms with Crippen molar-refractivity contribution in [3.8, 4) is 5.75 Å². The third-order valence-electron chi connectivity index (χ3n) is 5.10. The molecule has 0 saturated carbocycles. The van der Waals surface area contributed by atoms with Crippen molar-refractivity contribution >= 4 is 11.8 Å². The van der Waals surface area contributed by atoms with Gasteiger partial charge in [-0.1, -0.05) is 49.4 Å². The first-order chi connectivity index (χ1) is 15.1. The molecular formula is C25H28N2O4. The Bertz CT molecular complexity index is 953. The number of ether oxygens (including phenoxy) is 1. The number of amides is 2. The highest BCUT2D eigenvalue weighted by atomic mass is 16.5. The third kappa shape index (κ3) is 6.22. The van der Waals surface area contributed by atoms with Crippen LogP contribution in [0.25, 0.3) is 0 Å². The highest BCUT2D eigenvalue weighted by molar-refractivity contribution is 5.87. The van der Waals surface area contributed by atoms with Crippen LogP contribution >= 0.6 is 0 Å². The lowest BCUT2D eigenvalue weighted by Gasteiger charge is -2.31. The molecule has 3 rings (SSSR count). The number of hydrogen-bond donors (Lipinski definition) is 1. The lowest BCUT2D eigenvalue weighted by atomic mass is 10.0. The van der Waals surface area contributed by atoms with Crippen molar-refractivity contribution in [3.63, 3.8) is 0 Å². The number of carbonyl (C=O) groups is 2. The minimum absolute atomic E-state index is 0.0788. The topological polar surface area (TPSA) is 71.8 Å². The van der Waals surface area contributed by atoms with Crippen molar-refractivity contribution in [3.05, 3.63) is 89.9 Å². The Morgan fingerprint density at radius 3 is 2.35 bits per heavy atom. The molecule has 6 nitrogen and oxygen atoms in total. The first-order valence-electron chi connectivity index (χ1n) is 10.4. The molecule has 0 aliphatic carbocycles. The van der Waals surface area contributed by atoms with E-state index in [1.807, 2.05) is 61.5 Å². The van der Waals surface area contributed by atoms with Gasteiger partial charge >= 0.3 is 0 Å². The van der Waals surface area contributed by atoms with E-state index in [0.717, 1.165) is 16.9 Å². The molecule has 0 radical (unpaired) electrons. The molecule has 2 aromatic carbocycles. The summed E-state index contributed by atoms with van der Waals surface area (Å²) in [6.45, 7) is 2.42. The molecule has 0 saturated heterocycles. The average molecular weight is 421 g/mol. The van der Waals surface area contributed by atoms with Crippen LogP contribution in [-0.2, 0) is 29.1 Å². The zero-order valence-corrected chi connectivity index (χ0v) is 17.9. The van der Waals surface area contributed by atoms with E-state index in [1.54, 1.807) is 30.4 Å². The summed E-state index contributed by atoms with van der Waals surface area (Å²) in [6, 6.07) is 20.2. The molecule has 0 spiro atoms. The number of nitrogens with zero attached hydrogens (tertiary/aromatic N) is 1. The lowest BCUT2D eigenvalue weighted by Crippen LogP contribution is -2.50. The van der Waals surface area contributed by atoms with Gasteiger partial charge in [0.25, 0.3) is 0 Å². The van der Waals surface area contributed by atoms with Crippen LogP contribution in [0.4, 0.5) is 0 Å². The number of rotatable bonds is 10. The van der Waals surface area contributed by atoms with Crippen LogP contribution < -0.4 is 10.1 Å². The fraction of sp³-hybridized carbons (Fsp3) is 0.280. The molecule has 1 atom stereocenters. The van der Waals surface area contributed by atoms with Crippen LogP contribution in [0.2, 0.25) is 0 Å². The maximum Gasteiger partial charge on any atom is 0.243 e. The monoisotopic (exact) mass is 420 g/mol. The van der Waals surface area contributed by atoms with Crippen LogP contribution in [0.5, 0.6) is 5.75 Å². The van der Waals surface area contributed by atoms with Gasteiger partial charge < -0.3 is 19.4 Å². The van der Waals surface area contributed by atoms with Gasteiger partial charge in [-0.25, -0.2) is 0 Å². The first-order valence-corrected chi connectivity index (χ1v) is 10.4. The van der Waals surface area contributed by atoms with Gasteiger partial charge in [-0.2, -0.15) is 0 Å². The fourth-order valence-electron chi connectivity index (χ4n) is 3.39. The molecule has 1 heterocycles. The fourth-order valence-corrected chi connectivity index (χ4v) is 3.39. The van der Waals surface area contributed by atoms with Crippen molar-refractivity contribution in [2.45, 2.75) is 38.9 Å². The molecule has 0 unspecified atom stereocenters.